The third-order valence-corrected chi connectivity index (χ3v) is 3.51. The number of methoxy groups -OCH3 is 1. The molecule has 2 aromatic rings. The van der Waals surface area contributed by atoms with Crippen LogP contribution in [-0.4, -0.2) is 12.0 Å². The van der Waals surface area contributed by atoms with Gasteiger partial charge in [-0.15, -0.1) is 11.6 Å². The fraction of sp³-hybridized carbons (Fsp3) is 0.200. The zero-order valence-electron chi connectivity index (χ0n) is 11.3. The molecule has 0 bridgehead atoms. The normalized spacial score (nSPS) is 12.0. The summed E-state index contributed by atoms with van der Waals surface area (Å²) in [5.41, 5.74) is 0.631. The molecular formula is C15H13ClFNO3. The van der Waals surface area contributed by atoms with E-state index in [2.05, 4.69) is 0 Å². The monoisotopic (exact) mass is 309 g/mol. The lowest BCUT2D eigenvalue weighted by atomic mass is 10.0. The zero-order valence-corrected chi connectivity index (χ0v) is 12.0. The lowest BCUT2D eigenvalue weighted by Crippen LogP contribution is -2.04. The van der Waals surface area contributed by atoms with Gasteiger partial charge in [-0.25, -0.2) is 4.39 Å². The molecule has 0 aliphatic heterocycles. The van der Waals surface area contributed by atoms with Crippen molar-refractivity contribution < 1.29 is 14.1 Å². The minimum absolute atomic E-state index is 0.0292. The van der Waals surface area contributed by atoms with Crippen LogP contribution >= 0.6 is 11.6 Å². The van der Waals surface area contributed by atoms with E-state index in [1.165, 1.54) is 25.3 Å². The van der Waals surface area contributed by atoms with Gasteiger partial charge < -0.3 is 4.74 Å². The molecule has 0 fully saturated rings. The van der Waals surface area contributed by atoms with Crippen LogP contribution in [-0.2, 0) is 6.42 Å². The Bertz CT molecular complexity index is 663. The molecule has 0 radical (unpaired) electrons. The molecule has 6 heteroatoms. The van der Waals surface area contributed by atoms with Gasteiger partial charge in [0.2, 0.25) is 0 Å². The maximum absolute atomic E-state index is 14.0. The Morgan fingerprint density at radius 3 is 2.67 bits per heavy atom. The number of halogens is 2. The van der Waals surface area contributed by atoms with Gasteiger partial charge in [-0.3, -0.25) is 10.1 Å². The molecule has 1 unspecified atom stereocenters. The maximum Gasteiger partial charge on any atom is 0.272 e. The van der Waals surface area contributed by atoms with Gasteiger partial charge in [-0.05, 0) is 18.6 Å². The molecular weight excluding hydrogens is 297 g/mol. The van der Waals surface area contributed by atoms with Crippen LogP contribution in [0, 0.1) is 15.9 Å². The summed E-state index contributed by atoms with van der Waals surface area (Å²) >= 11 is 6.26. The first-order valence-corrected chi connectivity index (χ1v) is 6.67. The van der Waals surface area contributed by atoms with Gasteiger partial charge in [0, 0.05) is 17.2 Å². The number of alkyl halides is 1. The highest BCUT2D eigenvalue weighted by Gasteiger charge is 2.22. The van der Waals surface area contributed by atoms with E-state index >= 15 is 0 Å². The Labute approximate surface area is 126 Å². The van der Waals surface area contributed by atoms with Crippen molar-refractivity contribution >= 4 is 17.3 Å². The van der Waals surface area contributed by atoms with Crippen LogP contribution < -0.4 is 4.74 Å². The summed E-state index contributed by atoms with van der Waals surface area (Å²) in [6.07, 6.45) is 0.135. The first-order chi connectivity index (χ1) is 10.0. The van der Waals surface area contributed by atoms with Crippen LogP contribution in [0.1, 0.15) is 16.5 Å². The smallest absolute Gasteiger partial charge is 0.272 e. The number of nitro benzene ring substituents is 1. The number of para-hydroxylation sites is 1. The molecule has 0 aromatic heterocycles. The molecule has 0 saturated carbocycles. The van der Waals surface area contributed by atoms with Crippen molar-refractivity contribution in [2.24, 2.45) is 0 Å². The van der Waals surface area contributed by atoms with Crippen molar-refractivity contribution in [3.8, 4) is 5.75 Å². The Kier molecular flexibility index (Phi) is 4.75. The summed E-state index contributed by atoms with van der Waals surface area (Å²) in [6.45, 7) is 0. The van der Waals surface area contributed by atoms with Crippen LogP contribution in [0.15, 0.2) is 42.5 Å². The van der Waals surface area contributed by atoms with E-state index in [1.807, 2.05) is 0 Å². The zero-order chi connectivity index (χ0) is 15.4. The predicted octanol–water partition coefficient (Wildman–Crippen LogP) is 4.27. The van der Waals surface area contributed by atoms with Crippen molar-refractivity contribution in [1.29, 1.82) is 0 Å². The predicted molar refractivity (Wildman–Crippen MR) is 78.3 cm³/mol. The molecule has 110 valence electrons. The van der Waals surface area contributed by atoms with Gasteiger partial charge in [0.05, 0.1) is 17.4 Å². The Morgan fingerprint density at radius 1 is 1.29 bits per heavy atom. The standard InChI is InChI=1S/C15H13ClFNO3/c1-21-14-8-4-6-12(17)15(14)11(16)9-10-5-2-3-7-13(10)18(19)20/h2-8,11H,9H2,1H3. The van der Waals surface area contributed by atoms with Crippen molar-refractivity contribution in [3.63, 3.8) is 0 Å². The molecule has 4 nitrogen and oxygen atoms in total. The summed E-state index contributed by atoms with van der Waals surface area (Å²) in [6, 6.07) is 10.7. The average Bonchev–Trinajstić information content (AvgIpc) is 2.47. The molecule has 0 aliphatic rings. The molecule has 0 heterocycles. The lowest BCUT2D eigenvalue weighted by Gasteiger charge is -2.15. The van der Waals surface area contributed by atoms with Gasteiger partial charge in [0.15, 0.2) is 0 Å². The topological polar surface area (TPSA) is 52.4 Å². The van der Waals surface area contributed by atoms with Crippen LogP contribution in [0.2, 0.25) is 0 Å². The minimum atomic E-state index is -0.762. The minimum Gasteiger partial charge on any atom is -0.496 e. The van der Waals surface area contributed by atoms with Crippen LogP contribution in [0.25, 0.3) is 0 Å². The summed E-state index contributed by atoms with van der Waals surface area (Å²) in [7, 11) is 1.42. The Balaban J connectivity index is 2.35. The molecule has 0 N–H and O–H groups in total. The highest BCUT2D eigenvalue weighted by Crippen LogP contribution is 2.36. The SMILES string of the molecule is COc1cccc(F)c1C(Cl)Cc1ccccc1[N+](=O)[O-]. The van der Waals surface area contributed by atoms with E-state index in [0.717, 1.165) is 0 Å². The molecule has 21 heavy (non-hydrogen) atoms. The lowest BCUT2D eigenvalue weighted by molar-refractivity contribution is -0.385. The second kappa shape index (κ2) is 6.54. The summed E-state index contributed by atoms with van der Waals surface area (Å²) in [4.78, 5) is 10.5. The molecule has 2 aromatic carbocycles. The third-order valence-electron chi connectivity index (χ3n) is 3.13. The van der Waals surface area contributed by atoms with Gasteiger partial charge in [-0.1, -0.05) is 24.3 Å². The average molecular weight is 310 g/mol. The van der Waals surface area contributed by atoms with Crippen LogP contribution in [0.5, 0.6) is 5.75 Å². The Hall–Kier alpha value is -2.14. The fourth-order valence-corrected chi connectivity index (χ4v) is 2.53. The maximum atomic E-state index is 14.0. The van der Waals surface area contributed by atoms with Gasteiger partial charge in [0.1, 0.15) is 11.6 Å². The van der Waals surface area contributed by atoms with E-state index in [4.69, 9.17) is 16.3 Å². The number of hydrogen-bond acceptors (Lipinski definition) is 3. The van der Waals surface area contributed by atoms with Gasteiger partial charge in [-0.2, -0.15) is 0 Å². The summed E-state index contributed by atoms with van der Waals surface area (Å²) in [5.74, 6) is -0.165. The highest BCUT2D eigenvalue weighted by molar-refractivity contribution is 6.21. The van der Waals surface area contributed by atoms with Crippen LogP contribution in [0.3, 0.4) is 0 Å². The van der Waals surface area contributed by atoms with Crippen molar-refractivity contribution in [3.05, 3.63) is 69.5 Å². The Morgan fingerprint density at radius 2 is 2.00 bits per heavy atom. The molecule has 0 spiro atoms. The fourth-order valence-electron chi connectivity index (χ4n) is 2.16. The largest absolute Gasteiger partial charge is 0.496 e. The number of nitrogens with zero attached hydrogens (tertiary/aromatic N) is 1. The first kappa shape index (κ1) is 15.3. The number of ether oxygens (including phenoxy) is 1. The van der Waals surface area contributed by atoms with E-state index in [9.17, 15) is 14.5 Å². The molecule has 0 saturated heterocycles. The van der Waals surface area contributed by atoms with E-state index in [-0.39, 0.29) is 17.7 Å². The van der Waals surface area contributed by atoms with E-state index < -0.39 is 16.1 Å². The molecule has 1 atom stereocenters. The quantitative estimate of drug-likeness (QED) is 0.471. The van der Waals surface area contributed by atoms with Gasteiger partial charge >= 0.3 is 0 Å². The third kappa shape index (κ3) is 3.31. The number of benzene rings is 2. The van der Waals surface area contributed by atoms with Crippen LogP contribution in [0.4, 0.5) is 10.1 Å². The van der Waals surface area contributed by atoms with Crippen molar-refractivity contribution in [2.45, 2.75) is 11.8 Å². The van der Waals surface area contributed by atoms with Gasteiger partial charge in [0.25, 0.3) is 5.69 Å². The number of nitro groups is 1. The second-order valence-electron chi connectivity index (χ2n) is 4.41. The number of rotatable bonds is 5. The summed E-state index contributed by atoms with van der Waals surface area (Å²) in [5, 5.41) is 10.2. The van der Waals surface area contributed by atoms with Crippen molar-refractivity contribution in [1.82, 2.24) is 0 Å². The molecule has 0 aliphatic carbocycles. The number of hydrogen-bond donors (Lipinski definition) is 0. The van der Waals surface area contributed by atoms with Crippen molar-refractivity contribution in [2.75, 3.05) is 7.11 Å². The second-order valence-corrected chi connectivity index (χ2v) is 4.94. The van der Waals surface area contributed by atoms with E-state index in [0.29, 0.717) is 11.3 Å². The molecule has 2 rings (SSSR count). The molecule has 0 amide bonds. The summed E-state index contributed by atoms with van der Waals surface area (Å²) < 4.78 is 19.1. The first-order valence-electron chi connectivity index (χ1n) is 6.23. The highest BCUT2D eigenvalue weighted by atomic mass is 35.5. The van der Waals surface area contributed by atoms with E-state index in [1.54, 1.807) is 24.3 Å².